The van der Waals surface area contributed by atoms with Gasteiger partial charge >= 0.3 is 0 Å². The average molecular weight is 421 g/mol. The van der Waals surface area contributed by atoms with E-state index in [0.29, 0.717) is 50.3 Å². The number of carbonyl (C=O) groups is 1. The summed E-state index contributed by atoms with van der Waals surface area (Å²) < 4.78 is 7.38. The molecule has 31 heavy (non-hydrogen) atoms. The quantitative estimate of drug-likeness (QED) is 0.610. The number of carbonyl (C=O) groups excluding carboxylic acids is 1. The van der Waals surface area contributed by atoms with Crippen molar-refractivity contribution in [2.24, 2.45) is 13.0 Å². The molecule has 4 rings (SSSR count). The Hall–Kier alpha value is -3.42. The number of aromatic nitrogens is 4. The maximum Gasteiger partial charge on any atom is 0.272 e. The Balaban J connectivity index is 1.40. The van der Waals surface area contributed by atoms with Crippen LogP contribution in [-0.2, 0) is 7.05 Å². The Kier molecular flexibility index (Phi) is 6.16. The molecule has 2 aromatic heterocycles. The summed E-state index contributed by atoms with van der Waals surface area (Å²) in [6, 6.07) is 13.6. The van der Waals surface area contributed by atoms with Crippen LogP contribution in [0.15, 0.2) is 48.8 Å². The lowest BCUT2D eigenvalue weighted by Gasteiger charge is -2.35. The Morgan fingerprint density at radius 3 is 2.52 bits per heavy atom. The number of rotatable bonds is 6. The Bertz CT molecular complexity index is 1030. The van der Waals surface area contributed by atoms with Crippen LogP contribution in [0, 0.1) is 5.92 Å². The van der Waals surface area contributed by atoms with Crippen molar-refractivity contribution < 1.29 is 9.53 Å². The van der Waals surface area contributed by atoms with E-state index >= 15 is 0 Å². The predicted molar refractivity (Wildman–Crippen MR) is 119 cm³/mol. The van der Waals surface area contributed by atoms with E-state index in [2.05, 4.69) is 33.8 Å². The van der Waals surface area contributed by atoms with Gasteiger partial charge < -0.3 is 14.5 Å². The molecule has 1 fully saturated rings. The smallest absolute Gasteiger partial charge is 0.272 e. The first kappa shape index (κ1) is 20.8. The van der Waals surface area contributed by atoms with Crippen LogP contribution >= 0.6 is 0 Å². The highest BCUT2D eigenvalue weighted by atomic mass is 16.5. The van der Waals surface area contributed by atoms with Crippen LogP contribution in [-0.4, -0.2) is 63.3 Å². The van der Waals surface area contributed by atoms with Gasteiger partial charge in [-0.2, -0.15) is 5.10 Å². The van der Waals surface area contributed by atoms with Crippen molar-refractivity contribution in [1.29, 1.82) is 0 Å². The van der Waals surface area contributed by atoms with E-state index in [1.54, 1.807) is 4.68 Å². The van der Waals surface area contributed by atoms with Crippen LogP contribution in [0.2, 0.25) is 0 Å². The van der Waals surface area contributed by atoms with Crippen LogP contribution in [0.5, 0.6) is 5.88 Å². The number of hydrogen-bond acceptors (Lipinski definition) is 6. The first-order valence-electron chi connectivity index (χ1n) is 10.6. The molecule has 0 atom stereocenters. The fourth-order valence-electron chi connectivity index (χ4n) is 3.55. The van der Waals surface area contributed by atoms with Crippen molar-refractivity contribution in [2.45, 2.75) is 13.8 Å². The number of benzene rings is 1. The van der Waals surface area contributed by atoms with Gasteiger partial charge in [0.1, 0.15) is 17.8 Å². The molecule has 8 heteroatoms. The summed E-state index contributed by atoms with van der Waals surface area (Å²) in [4.78, 5) is 25.7. The van der Waals surface area contributed by atoms with Crippen LogP contribution in [0.3, 0.4) is 0 Å². The average Bonchev–Trinajstić information content (AvgIpc) is 3.20. The third-order valence-electron chi connectivity index (χ3n) is 5.25. The predicted octanol–water partition coefficient (Wildman–Crippen LogP) is 2.87. The van der Waals surface area contributed by atoms with E-state index in [9.17, 15) is 4.79 Å². The van der Waals surface area contributed by atoms with Crippen molar-refractivity contribution in [1.82, 2.24) is 24.6 Å². The number of hydrogen-bond donors (Lipinski definition) is 0. The Labute approximate surface area is 182 Å². The van der Waals surface area contributed by atoms with E-state index < -0.39 is 0 Å². The summed E-state index contributed by atoms with van der Waals surface area (Å²) in [5.41, 5.74) is 2.40. The zero-order valence-corrected chi connectivity index (χ0v) is 18.2. The SMILES string of the molecule is CC(C)COc1cc(N2CCN(C(=O)c3cc(-c4ccccc4)nn3C)CC2)ncn1. The molecule has 1 aliphatic heterocycles. The molecule has 162 valence electrons. The highest BCUT2D eigenvalue weighted by molar-refractivity contribution is 5.94. The maximum absolute atomic E-state index is 13.1. The molecule has 0 unspecified atom stereocenters. The number of aryl methyl sites for hydroxylation is 1. The topological polar surface area (TPSA) is 76.4 Å². The van der Waals surface area contributed by atoms with Crippen LogP contribution < -0.4 is 9.64 Å². The van der Waals surface area contributed by atoms with Crippen molar-refractivity contribution >= 4 is 11.7 Å². The largest absolute Gasteiger partial charge is 0.477 e. The van der Waals surface area contributed by atoms with Gasteiger partial charge in [0, 0.05) is 44.9 Å². The van der Waals surface area contributed by atoms with Crippen molar-refractivity contribution in [3.05, 3.63) is 54.5 Å². The third-order valence-corrected chi connectivity index (χ3v) is 5.25. The third kappa shape index (κ3) is 4.84. The number of ether oxygens (including phenoxy) is 1. The molecule has 0 saturated carbocycles. The number of nitrogens with zero attached hydrogens (tertiary/aromatic N) is 6. The standard InChI is InChI=1S/C23H28N6O2/c1-17(2)15-31-22-14-21(24-16-25-22)28-9-11-29(12-10-28)23(30)20-13-19(26-27(20)3)18-7-5-4-6-8-18/h4-8,13-14,16-17H,9-12,15H2,1-3H3. The van der Waals surface area contributed by atoms with Crippen molar-refractivity contribution in [3.8, 4) is 17.1 Å². The molecule has 1 amide bonds. The van der Waals surface area contributed by atoms with Crippen molar-refractivity contribution in [3.63, 3.8) is 0 Å². The Morgan fingerprint density at radius 2 is 1.81 bits per heavy atom. The molecule has 0 radical (unpaired) electrons. The highest BCUT2D eigenvalue weighted by Gasteiger charge is 2.25. The zero-order chi connectivity index (χ0) is 21.8. The Morgan fingerprint density at radius 1 is 1.06 bits per heavy atom. The summed E-state index contributed by atoms with van der Waals surface area (Å²) in [6.07, 6.45) is 1.53. The normalized spacial score (nSPS) is 14.2. The van der Waals surface area contributed by atoms with Gasteiger partial charge in [0.2, 0.25) is 5.88 Å². The minimum absolute atomic E-state index is 0.000439. The summed E-state index contributed by atoms with van der Waals surface area (Å²) >= 11 is 0. The summed E-state index contributed by atoms with van der Waals surface area (Å²) in [7, 11) is 1.81. The summed E-state index contributed by atoms with van der Waals surface area (Å²) in [5, 5.41) is 4.53. The van der Waals surface area contributed by atoms with E-state index in [1.165, 1.54) is 6.33 Å². The molecule has 0 N–H and O–H groups in total. The number of amides is 1. The molecule has 8 nitrogen and oxygen atoms in total. The second-order valence-corrected chi connectivity index (χ2v) is 8.10. The zero-order valence-electron chi connectivity index (χ0n) is 18.2. The van der Waals surface area contributed by atoms with Gasteiger partial charge in [-0.1, -0.05) is 44.2 Å². The summed E-state index contributed by atoms with van der Waals surface area (Å²) in [5.74, 6) is 1.84. The van der Waals surface area contributed by atoms with E-state index in [0.717, 1.165) is 17.1 Å². The van der Waals surface area contributed by atoms with Gasteiger partial charge in [-0.25, -0.2) is 9.97 Å². The van der Waals surface area contributed by atoms with Crippen LogP contribution in [0.4, 0.5) is 5.82 Å². The second kappa shape index (κ2) is 9.16. The highest BCUT2D eigenvalue weighted by Crippen LogP contribution is 2.21. The molecule has 0 spiro atoms. The fourth-order valence-corrected chi connectivity index (χ4v) is 3.55. The first-order valence-corrected chi connectivity index (χ1v) is 10.6. The molecule has 1 saturated heterocycles. The minimum Gasteiger partial charge on any atom is -0.477 e. The fraction of sp³-hybridized carbons (Fsp3) is 0.391. The number of piperazine rings is 1. The van der Waals surface area contributed by atoms with Gasteiger partial charge in [-0.05, 0) is 12.0 Å². The first-order chi connectivity index (χ1) is 15.0. The van der Waals surface area contributed by atoms with Crippen molar-refractivity contribution in [2.75, 3.05) is 37.7 Å². The molecule has 1 aromatic carbocycles. The van der Waals surface area contributed by atoms with Crippen LogP contribution in [0.1, 0.15) is 24.3 Å². The molecular weight excluding hydrogens is 392 g/mol. The lowest BCUT2D eigenvalue weighted by molar-refractivity contribution is 0.0735. The van der Waals surface area contributed by atoms with Gasteiger partial charge in [0.15, 0.2) is 0 Å². The molecule has 1 aliphatic rings. The van der Waals surface area contributed by atoms with E-state index in [-0.39, 0.29) is 5.91 Å². The molecule has 0 aliphatic carbocycles. The molecule has 3 heterocycles. The van der Waals surface area contributed by atoms with Gasteiger partial charge in [-0.15, -0.1) is 0 Å². The number of anilines is 1. The molecule has 0 bridgehead atoms. The monoisotopic (exact) mass is 420 g/mol. The maximum atomic E-state index is 13.1. The molecular formula is C23H28N6O2. The van der Waals surface area contributed by atoms with Crippen LogP contribution in [0.25, 0.3) is 11.3 Å². The molecule has 3 aromatic rings. The second-order valence-electron chi connectivity index (χ2n) is 8.10. The van der Waals surface area contributed by atoms with E-state index in [4.69, 9.17) is 4.74 Å². The minimum atomic E-state index is 0.000439. The lowest BCUT2D eigenvalue weighted by Crippen LogP contribution is -2.49. The lowest BCUT2D eigenvalue weighted by atomic mass is 10.1. The van der Waals surface area contributed by atoms with Gasteiger partial charge in [0.05, 0.1) is 12.3 Å². The van der Waals surface area contributed by atoms with E-state index in [1.807, 2.05) is 54.4 Å². The van der Waals surface area contributed by atoms with Gasteiger partial charge in [0.25, 0.3) is 5.91 Å². The summed E-state index contributed by atoms with van der Waals surface area (Å²) in [6.45, 7) is 7.47. The van der Waals surface area contributed by atoms with Gasteiger partial charge in [-0.3, -0.25) is 9.48 Å².